The zero-order valence-electron chi connectivity index (χ0n) is 35.5. The highest BCUT2D eigenvalue weighted by atomic mass is 16.7. The van der Waals surface area contributed by atoms with Gasteiger partial charge in [0.1, 0.15) is 18.5 Å². The van der Waals surface area contributed by atoms with Crippen LogP contribution in [0.4, 0.5) is 0 Å². The van der Waals surface area contributed by atoms with Gasteiger partial charge in [0.15, 0.2) is 86.8 Å². The summed E-state index contributed by atoms with van der Waals surface area (Å²) in [6.45, 7) is -0.394. The minimum atomic E-state index is -3.55. The summed E-state index contributed by atoms with van der Waals surface area (Å²) in [6, 6.07) is 3.92. The van der Waals surface area contributed by atoms with E-state index in [1.165, 1.54) is 0 Å². The van der Waals surface area contributed by atoms with Gasteiger partial charge in [-0.2, -0.15) is 0 Å². The minimum Gasteiger partial charge on any atom is -0.504 e. The molecule has 1 saturated heterocycles. The van der Waals surface area contributed by atoms with Gasteiger partial charge < -0.3 is 99.5 Å². The van der Waals surface area contributed by atoms with E-state index in [1.54, 1.807) is 0 Å². The molecule has 27 nitrogen and oxygen atoms in total. The van der Waals surface area contributed by atoms with Crippen LogP contribution in [0.5, 0.6) is 69.0 Å². The lowest BCUT2D eigenvalue weighted by Gasteiger charge is -2.45. The molecule has 372 valence electrons. The van der Waals surface area contributed by atoms with E-state index in [-0.39, 0.29) is 0 Å². The number of aromatic hydroxyl groups is 11. The first-order valence-corrected chi connectivity index (χ1v) is 20.2. The Morgan fingerprint density at radius 3 is 1.58 bits per heavy atom. The lowest BCUT2D eigenvalue weighted by molar-refractivity contribution is -0.286. The summed E-state index contributed by atoms with van der Waals surface area (Å²) in [5.74, 6) is -30.2. The highest BCUT2D eigenvalue weighted by Gasteiger charge is 2.70. The summed E-state index contributed by atoms with van der Waals surface area (Å²) < 4.78 is 39.4. The number of benzene rings is 4. The molecule has 1 aliphatic carbocycles. The van der Waals surface area contributed by atoms with Gasteiger partial charge in [-0.25, -0.2) is 24.0 Å². The van der Waals surface area contributed by atoms with Crippen LogP contribution in [-0.4, -0.2) is 156 Å². The number of fused-ring (bicyclic) bond motifs is 2. The van der Waals surface area contributed by atoms with E-state index in [0.29, 0.717) is 48.5 Å². The van der Waals surface area contributed by atoms with Gasteiger partial charge in [0.2, 0.25) is 18.1 Å². The van der Waals surface area contributed by atoms with Gasteiger partial charge in [-0.1, -0.05) is 0 Å². The topological polar surface area (TPSA) is 447 Å². The molecule has 0 aromatic heterocycles. The molecule has 3 heterocycles. The molecule has 4 aliphatic rings. The zero-order valence-corrected chi connectivity index (χ0v) is 35.5. The number of esters is 5. The molecule has 27 heteroatoms. The predicted octanol–water partition coefficient (Wildman–Crippen LogP) is -0.0526. The Balaban J connectivity index is 1.33. The van der Waals surface area contributed by atoms with E-state index in [1.807, 2.05) is 0 Å². The third kappa shape index (κ3) is 7.93. The molecule has 2 bridgehead atoms. The van der Waals surface area contributed by atoms with Crippen LogP contribution in [0, 0.1) is 0 Å². The summed E-state index contributed by atoms with van der Waals surface area (Å²) in [4.78, 5) is 97.0. The molecule has 0 amide bonds. The molecule has 4 aromatic rings. The van der Waals surface area contributed by atoms with Crippen molar-refractivity contribution in [2.45, 2.75) is 61.4 Å². The summed E-state index contributed by atoms with van der Waals surface area (Å²) in [7, 11) is 0. The van der Waals surface area contributed by atoms with Crippen molar-refractivity contribution in [3.05, 3.63) is 81.9 Å². The first-order valence-electron chi connectivity index (χ1n) is 20.2. The van der Waals surface area contributed by atoms with Crippen LogP contribution in [0.25, 0.3) is 0 Å². The van der Waals surface area contributed by atoms with Crippen molar-refractivity contribution in [3.63, 3.8) is 0 Å². The van der Waals surface area contributed by atoms with Gasteiger partial charge in [0.25, 0.3) is 5.79 Å². The van der Waals surface area contributed by atoms with Crippen LogP contribution in [-0.2, 0) is 42.8 Å². The summed E-state index contributed by atoms with van der Waals surface area (Å²) >= 11 is 0. The number of ketones is 2. The van der Waals surface area contributed by atoms with Crippen molar-refractivity contribution in [1.82, 2.24) is 0 Å². The second-order valence-corrected chi connectivity index (χ2v) is 16.2. The largest absolute Gasteiger partial charge is 0.504 e. The Kier molecular flexibility index (Phi) is 11.6. The van der Waals surface area contributed by atoms with Crippen molar-refractivity contribution >= 4 is 41.4 Å². The van der Waals surface area contributed by atoms with E-state index in [2.05, 4.69) is 0 Å². The van der Waals surface area contributed by atoms with Crippen molar-refractivity contribution < 1.29 is 133 Å². The number of ether oxygens (including phenoxy) is 7. The number of hydrogen-bond acceptors (Lipinski definition) is 27. The Morgan fingerprint density at radius 2 is 1.07 bits per heavy atom. The van der Waals surface area contributed by atoms with Crippen LogP contribution in [0.15, 0.2) is 54.1 Å². The molecular formula is C44H34O27. The molecule has 0 spiro atoms. The van der Waals surface area contributed by atoms with Crippen molar-refractivity contribution in [1.29, 1.82) is 0 Å². The molecule has 0 saturated carbocycles. The molecule has 8 rings (SSSR count). The number of rotatable bonds is 9. The lowest BCUT2D eigenvalue weighted by atomic mass is 9.67. The molecule has 8 atom stereocenters. The number of carbonyl (C=O) groups is 7. The van der Waals surface area contributed by atoms with Crippen LogP contribution < -0.4 is 4.74 Å². The molecule has 0 radical (unpaired) electrons. The number of hydrogen-bond donors (Lipinski definition) is 13. The molecule has 71 heavy (non-hydrogen) atoms. The Hall–Kier alpha value is -9.21. The fraction of sp³-hybridized carbons (Fsp3) is 0.250. The van der Waals surface area contributed by atoms with Gasteiger partial charge in [0, 0.05) is 12.0 Å². The van der Waals surface area contributed by atoms with E-state index in [0.717, 1.165) is 6.92 Å². The number of phenolic OH excluding ortho intramolecular Hbond substituents is 11. The van der Waals surface area contributed by atoms with Gasteiger partial charge >= 0.3 is 29.8 Å². The quantitative estimate of drug-likeness (QED) is 0.0594. The van der Waals surface area contributed by atoms with Gasteiger partial charge in [0.05, 0.1) is 33.7 Å². The average Bonchev–Trinajstić information content (AvgIpc) is 3.63. The highest BCUT2D eigenvalue weighted by Crippen LogP contribution is 2.61. The molecular weight excluding hydrogens is 960 g/mol. The molecule has 1 fully saturated rings. The fourth-order valence-corrected chi connectivity index (χ4v) is 8.24. The van der Waals surface area contributed by atoms with E-state index >= 15 is 0 Å². The maximum atomic E-state index is 14.8. The van der Waals surface area contributed by atoms with Gasteiger partial charge in [-0.15, -0.1) is 0 Å². The molecule has 3 aliphatic heterocycles. The Labute approximate surface area is 392 Å². The average molecular weight is 995 g/mol. The van der Waals surface area contributed by atoms with Crippen LogP contribution in [0.3, 0.4) is 0 Å². The number of carbonyl (C=O) groups excluding carboxylic acids is 7. The molecule has 13 N–H and O–H groups in total. The Morgan fingerprint density at radius 1 is 0.606 bits per heavy atom. The minimum absolute atomic E-state index is 0.357. The summed E-state index contributed by atoms with van der Waals surface area (Å²) in [6.07, 6.45) is -13.2. The number of Topliss-reactive ketones (excluding diaryl/α,β-unsaturated/α-hetero) is 1. The molecule has 0 unspecified atom stereocenters. The first kappa shape index (κ1) is 48.3. The smallest absolute Gasteiger partial charge is 0.340 e. The predicted molar refractivity (Wildman–Crippen MR) is 218 cm³/mol. The highest BCUT2D eigenvalue weighted by molar-refractivity contribution is 6.10. The van der Waals surface area contributed by atoms with Crippen LogP contribution in [0.2, 0.25) is 0 Å². The number of aliphatic hydroxyl groups is 2. The monoisotopic (exact) mass is 994 g/mol. The molecule has 4 aromatic carbocycles. The second-order valence-electron chi connectivity index (χ2n) is 16.2. The number of phenols is 11. The van der Waals surface area contributed by atoms with Gasteiger partial charge in [-0.3, -0.25) is 9.59 Å². The maximum Gasteiger partial charge on any atom is 0.340 e. The van der Waals surface area contributed by atoms with E-state index in [9.17, 15) is 99.9 Å². The van der Waals surface area contributed by atoms with Crippen molar-refractivity contribution in [2.75, 3.05) is 6.61 Å². The summed E-state index contributed by atoms with van der Waals surface area (Å²) in [5.41, 5.74) is -8.52. The van der Waals surface area contributed by atoms with Crippen molar-refractivity contribution in [3.8, 4) is 69.0 Å². The van der Waals surface area contributed by atoms with E-state index in [4.69, 9.17) is 33.2 Å². The summed E-state index contributed by atoms with van der Waals surface area (Å²) in [5, 5.41) is 137. The normalized spacial score (nSPS) is 25.2. The van der Waals surface area contributed by atoms with Crippen molar-refractivity contribution in [2.24, 2.45) is 0 Å². The maximum absolute atomic E-state index is 14.8. The lowest BCUT2D eigenvalue weighted by Crippen LogP contribution is -2.67. The SMILES string of the molecule is CC(=O)C[C@]1(O)C(=O)C=C2C(=O)O[C@H]3[C@H](OC(=O)c4cc(O)c(O)c(O)c4)[C@@H](OC(=O)c4cc(O)c(O)c5c4[C@H]2[C@@]1(O)O5)[C@H](OC(=O)c1cc(O)c(O)c(O)c1)O[C@@H]3COC(=O)c1cc(O)c(O)c(O)c1. The third-order valence-corrected chi connectivity index (χ3v) is 11.6. The van der Waals surface area contributed by atoms with Crippen LogP contribution >= 0.6 is 0 Å². The first-order chi connectivity index (χ1) is 33.3. The fourth-order valence-electron chi connectivity index (χ4n) is 8.24. The Bertz CT molecular complexity index is 3000. The standard InChI is InChI=1S/C44H34O27/c1-12(45)10-43(63)26(53)9-17-28-27-16(8-24(52)32(57)34(27)71-44(28,43)64)40(61)69-36-35(68-38(59)14-4-20(48)30(55)21(49)5-14)33(67-41(17)62)25(11-65-37(58)13-2-18(46)29(54)19(47)3-13)66-42(36)70-39(60)15-6-22(50)31(56)23(51)7-15/h2-9,25,28,33,35-36,42,46-52,54-57,63-64H,10-11H2,1H3/t25-,28+,33-,35+,36-,42+,43+,44-/m1/s1. The van der Waals surface area contributed by atoms with E-state index < -0.39 is 205 Å². The second kappa shape index (κ2) is 17.1. The van der Waals surface area contributed by atoms with Crippen LogP contribution in [0.1, 0.15) is 66.3 Å². The third-order valence-electron chi connectivity index (χ3n) is 11.6. The van der Waals surface area contributed by atoms with Gasteiger partial charge in [-0.05, 0) is 55.5 Å². The zero-order chi connectivity index (χ0) is 51.9.